The van der Waals surface area contributed by atoms with Gasteiger partial charge in [-0.15, -0.1) is 11.3 Å². The summed E-state index contributed by atoms with van der Waals surface area (Å²) in [7, 11) is 0. The Morgan fingerprint density at radius 2 is 2.53 bits per heavy atom. The van der Waals surface area contributed by atoms with Crippen molar-refractivity contribution in [1.29, 1.82) is 5.26 Å². The molecule has 0 saturated heterocycles. The van der Waals surface area contributed by atoms with Gasteiger partial charge < -0.3 is 11.1 Å². The zero-order valence-electron chi connectivity index (χ0n) is 8.03. The quantitative estimate of drug-likeness (QED) is 0.760. The Kier molecular flexibility index (Phi) is 5.18. The van der Waals surface area contributed by atoms with E-state index in [1.165, 1.54) is 23.1 Å². The van der Waals surface area contributed by atoms with Crippen molar-refractivity contribution in [1.82, 2.24) is 0 Å². The Labute approximate surface area is 96.5 Å². The van der Waals surface area contributed by atoms with Gasteiger partial charge in [-0.05, 0) is 11.4 Å². The van der Waals surface area contributed by atoms with Gasteiger partial charge in [-0.2, -0.15) is 17.0 Å². The monoisotopic (exact) mass is 241 g/mol. The van der Waals surface area contributed by atoms with Gasteiger partial charge in [0.25, 0.3) is 0 Å². The minimum atomic E-state index is -0.0904. The van der Waals surface area contributed by atoms with Gasteiger partial charge in [0.15, 0.2) is 0 Å². The van der Waals surface area contributed by atoms with E-state index in [0.29, 0.717) is 22.9 Å². The van der Waals surface area contributed by atoms with Crippen molar-refractivity contribution in [3.8, 4) is 6.07 Å². The largest absolute Gasteiger partial charge is 0.330 e. The molecule has 0 bridgehead atoms. The number of nitrogens with two attached hydrogens (primary N) is 1. The SMILES string of the molecule is N#Cc1ccsc1NC(=O)CSCCN. The van der Waals surface area contributed by atoms with Crippen LogP contribution < -0.4 is 11.1 Å². The number of carbonyl (C=O) groups is 1. The average Bonchev–Trinajstić information content (AvgIpc) is 2.65. The van der Waals surface area contributed by atoms with Gasteiger partial charge in [-0.1, -0.05) is 0 Å². The molecule has 0 unspecified atom stereocenters. The Bertz CT molecular complexity index is 370. The molecule has 1 rings (SSSR count). The molecular formula is C9H11N3OS2. The first-order valence-corrected chi connectivity index (χ1v) is 6.36. The fourth-order valence-electron chi connectivity index (χ4n) is 0.905. The predicted molar refractivity (Wildman–Crippen MR) is 64.0 cm³/mol. The summed E-state index contributed by atoms with van der Waals surface area (Å²) in [6.45, 7) is 0.570. The van der Waals surface area contributed by atoms with Gasteiger partial charge in [0.05, 0.1) is 11.3 Å². The highest BCUT2D eigenvalue weighted by atomic mass is 32.2. The van der Waals surface area contributed by atoms with E-state index in [1.54, 1.807) is 11.4 Å². The normalized spacial score (nSPS) is 9.60. The molecule has 0 aliphatic carbocycles. The Balaban J connectivity index is 2.42. The molecule has 3 N–H and O–H groups in total. The summed E-state index contributed by atoms with van der Waals surface area (Å²) in [4.78, 5) is 11.4. The van der Waals surface area contributed by atoms with Crippen molar-refractivity contribution >= 4 is 34.0 Å². The number of carbonyl (C=O) groups excluding carboxylic acids is 1. The third-order valence-electron chi connectivity index (χ3n) is 1.53. The highest BCUT2D eigenvalue weighted by molar-refractivity contribution is 7.99. The maximum Gasteiger partial charge on any atom is 0.235 e. The number of rotatable bonds is 5. The Morgan fingerprint density at radius 1 is 1.73 bits per heavy atom. The molecule has 0 saturated carbocycles. The van der Waals surface area contributed by atoms with Crippen LogP contribution in [0.2, 0.25) is 0 Å². The molecule has 6 heteroatoms. The summed E-state index contributed by atoms with van der Waals surface area (Å²) in [5.41, 5.74) is 5.81. The lowest BCUT2D eigenvalue weighted by molar-refractivity contribution is -0.113. The van der Waals surface area contributed by atoms with E-state index in [9.17, 15) is 4.79 Å². The van der Waals surface area contributed by atoms with Crippen LogP contribution in [-0.2, 0) is 4.79 Å². The number of nitrogens with zero attached hydrogens (tertiary/aromatic N) is 1. The number of thiophene rings is 1. The molecule has 1 amide bonds. The summed E-state index contributed by atoms with van der Waals surface area (Å²) < 4.78 is 0. The highest BCUT2D eigenvalue weighted by Gasteiger charge is 2.07. The van der Waals surface area contributed by atoms with Gasteiger partial charge in [-0.25, -0.2) is 0 Å². The van der Waals surface area contributed by atoms with Crippen molar-refractivity contribution in [2.75, 3.05) is 23.4 Å². The number of hydrogen-bond acceptors (Lipinski definition) is 5. The molecule has 0 radical (unpaired) electrons. The maximum atomic E-state index is 11.4. The van der Waals surface area contributed by atoms with Crippen molar-refractivity contribution in [2.45, 2.75) is 0 Å². The van der Waals surface area contributed by atoms with Gasteiger partial charge >= 0.3 is 0 Å². The van der Waals surface area contributed by atoms with Crippen LogP contribution >= 0.6 is 23.1 Å². The van der Waals surface area contributed by atoms with E-state index in [4.69, 9.17) is 11.0 Å². The second-order valence-electron chi connectivity index (χ2n) is 2.66. The van der Waals surface area contributed by atoms with Crippen LogP contribution in [-0.4, -0.2) is 24.0 Å². The second kappa shape index (κ2) is 6.45. The number of amides is 1. The van der Waals surface area contributed by atoms with Gasteiger partial charge in [0.1, 0.15) is 11.1 Å². The number of nitriles is 1. The molecule has 0 fully saturated rings. The number of hydrogen-bond donors (Lipinski definition) is 2. The number of anilines is 1. The van der Waals surface area contributed by atoms with E-state index in [2.05, 4.69) is 5.32 Å². The molecule has 0 spiro atoms. The molecule has 0 aliphatic heterocycles. The standard InChI is InChI=1S/C9H11N3OS2/c10-2-4-14-6-8(13)12-9-7(5-11)1-3-15-9/h1,3H,2,4,6,10H2,(H,12,13). The highest BCUT2D eigenvalue weighted by Crippen LogP contribution is 2.22. The smallest absolute Gasteiger partial charge is 0.235 e. The van der Waals surface area contributed by atoms with Crippen molar-refractivity contribution < 1.29 is 4.79 Å². The maximum absolute atomic E-state index is 11.4. The van der Waals surface area contributed by atoms with E-state index in [1.807, 2.05) is 6.07 Å². The first-order chi connectivity index (χ1) is 7.27. The number of nitrogens with one attached hydrogen (secondary N) is 1. The third-order valence-corrected chi connectivity index (χ3v) is 3.35. The predicted octanol–water partition coefficient (Wildman–Crippen LogP) is 1.25. The molecule has 1 aromatic heterocycles. The molecule has 0 atom stereocenters. The molecule has 80 valence electrons. The van der Waals surface area contributed by atoms with Crippen LogP contribution in [0.15, 0.2) is 11.4 Å². The van der Waals surface area contributed by atoms with Gasteiger partial charge in [0.2, 0.25) is 5.91 Å². The fraction of sp³-hybridized carbons (Fsp3) is 0.333. The molecular weight excluding hydrogens is 230 g/mol. The van der Waals surface area contributed by atoms with Gasteiger partial charge in [-0.3, -0.25) is 4.79 Å². The summed E-state index contributed by atoms with van der Waals surface area (Å²) in [5.74, 6) is 1.05. The summed E-state index contributed by atoms with van der Waals surface area (Å²) in [6.07, 6.45) is 0. The van der Waals surface area contributed by atoms with Crippen LogP contribution in [0.1, 0.15) is 5.56 Å². The Hall–Kier alpha value is -1.03. The molecule has 1 heterocycles. The van der Waals surface area contributed by atoms with Crippen molar-refractivity contribution in [3.63, 3.8) is 0 Å². The number of thioether (sulfide) groups is 1. The lowest BCUT2D eigenvalue weighted by Gasteiger charge is -2.02. The second-order valence-corrected chi connectivity index (χ2v) is 4.69. The molecule has 4 nitrogen and oxygen atoms in total. The first-order valence-electron chi connectivity index (χ1n) is 4.33. The average molecular weight is 241 g/mol. The fourth-order valence-corrected chi connectivity index (χ4v) is 2.23. The minimum Gasteiger partial charge on any atom is -0.330 e. The molecule has 1 aromatic rings. The van der Waals surface area contributed by atoms with Crippen LogP contribution in [0.4, 0.5) is 5.00 Å². The van der Waals surface area contributed by atoms with Crippen LogP contribution in [0.3, 0.4) is 0 Å². The van der Waals surface area contributed by atoms with E-state index < -0.39 is 0 Å². The van der Waals surface area contributed by atoms with E-state index in [0.717, 1.165) is 5.75 Å². The Morgan fingerprint density at radius 3 is 3.20 bits per heavy atom. The minimum absolute atomic E-state index is 0.0904. The zero-order chi connectivity index (χ0) is 11.1. The van der Waals surface area contributed by atoms with Gasteiger partial charge in [0, 0.05) is 12.3 Å². The summed E-state index contributed by atoms with van der Waals surface area (Å²) in [5, 5.41) is 13.8. The first kappa shape index (κ1) is 12.0. The lowest BCUT2D eigenvalue weighted by atomic mass is 10.3. The van der Waals surface area contributed by atoms with E-state index in [-0.39, 0.29) is 5.91 Å². The van der Waals surface area contributed by atoms with E-state index >= 15 is 0 Å². The van der Waals surface area contributed by atoms with Crippen molar-refractivity contribution in [3.05, 3.63) is 17.0 Å². The van der Waals surface area contributed by atoms with Crippen LogP contribution in [0.5, 0.6) is 0 Å². The molecule has 15 heavy (non-hydrogen) atoms. The summed E-state index contributed by atoms with van der Waals surface area (Å²) in [6, 6.07) is 3.70. The van der Waals surface area contributed by atoms with Crippen LogP contribution in [0.25, 0.3) is 0 Å². The molecule has 0 aliphatic rings. The topological polar surface area (TPSA) is 78.9 Å². The van der Waals surface area contributed by atoms with Crippen LogP contribution in [0, 0.1) is 11.3 Å². The third kappa shape index (κ3) is 3.91. The summed E-state index contributed by atoms with van der Waals surface area (Å²) >= 11 is 2.83. The van der Waals surface area contributed by atoms with Crippen molar-refractivity contribution in [2.24, 2.45) is 5.73 Å². The zero-order valence-corrected chi connectivity index (χ0v) is 9.66. The molecule has 0 aromatic carbocycles. The lowest BCUT2D eigenvalue weighted by Crippen LogP contribution is -2.15.